The topological polar surface area (TPSA) is 83.5 Å². The van der Waals surface area contributed by atoms with Crippen molar-refractivity contribution >= 4 is 27.6 Å². The highest BCUT2D eigenvalue weighted by Gasteiger charge is 2.19. The molecule has 1 atom stereocenters. The Morgan fingerprint density at radius 1 is 1.47 bits per heavy atom. The first-order valence-corrected chi connectivity index (χ1v) is 7.69. The fourth-order valence-corrected chi connectivity index (χ4v) is 3.29. The lowest BCUT2D eigenvalue weighted by Gasteiger charge is -2.13. The number of carboxylic acids is 1. The summed E-state index contributed by atoms with van der Waals surface area (Å²) in [6.45, 7) is 3.73. The molecule has 0 bridgehead atoms. The van der Waals surface area contributed by atoms with Crippen LogP contribution in [0.3, 0.4) is 0 Å². The summed E-state index contributed by atoms with van der Waals surface area (Å²) in [7, 11) is -3.67. The van der Waals surface area contributed by atoms with Gasteiger partial charge in [0, 0.05) is 6.04 Å². The summed E-state index contributed by atoms with van der Waals surface area (Å²) in [6.07, 6.45) is 1.59. The van der Waals surface area contributed by atoms with E-state index in [-0.39, 0.29) is 21.5 Å². The van der Waals surface area contributed by atoms with Crippen LogP contribution in [-0.4, -0.2) is 25.5 Å². The minimum Gasteiger partial charge on any atom is -0.478 e. The lowest BCUT2D eigenvalue weighted by molar-refractivity contribution is 0.0697. The van der Waals surface area contributed by atoms with E-state index < -0.39 is 16.0 Å². The zero-order valence-corrected chi connectivity index (χ0v) is 12.3. The van der Waals surface area contributed by atoms with Crippen LogP contribution in [-0.2, 0) is 10.0 Å². The van der Waals surface area contributed by atoms with Gasteiger partial charge in [-0.15, -0.1) is 0 Å². The molecule has 0 saturated carbocycles. The van der Waals surface area contributed by atoms with Crippen LogP contribution in [0.2, 0.25) is 5.02 Å². The van der Waals surface area contributed by atoms with Gasteiger partial charge in [-0.2, -0.15) is 0 Å². The summed E-state index contributed by atoms with van der Waals surface area (Å²) in [5.41, 5.74) is -0.123. The minimum absolute atomic E-state index is 0.0366. The standard InChI is InChI=1S/C12H16ClNO4S/c1-3-4-8(2)14-19(17,18)9-5-6-10(12(15)16)11(13)7-9/h5-8,14H,3-4H2,1-2H3,(H,15,16). The van der Waals surface area contributed by atoms with Gasteiger partial charge in [0.05, 0.1) is 15.5 Å². The molecule has 0 amide bonds. The number of nitrogens with one attached hydrogen (secondary N) is 1. The maximum absolute atomic E-state index is 12.0. The van der Waals surface area contributed by atoms with Crippen LogP contribution in [0, 0.1) is 0 Å². The molecule has 5 nitrogen and oxygen atoms in total. The van der Waals surface area contributed by atoms with E-state index >= 15 is 0 Å². The van der Waals surface area contributed by atoms with Gasteiger partial charge in [0.1, 0.15) is 0 Å². The first-order chi connectivity index (χ1) is 8.77. The Hall–Kier alpha value is -1.11. The largest absolute Gasteiger partial charge is 0.478 e. The molecule has 0 fully saturated rings. The number of carboxylic acid groups (broad SMARTS) is 1. The molecular formula is C12H16ClNO4S. The SMILES string of the molecule is CCCC(C)NS(=O)(=O)c1ccc(C(=O)O)c(Cl)c1. The molecule has 0 aliphatic heterocycles. The summed E-state index contributed by atoms with van der Waals surface area (Å²) in [5, 5.41) is 8.73. The van der Waals surface area contributed by atoms with Crippen molar-refractivity contribution in [1.29, 1.82) is 0 Å². The van der Waals surface area contributed by atoms with E-state index in [0.717, 1.165) is 18.9 Å². The summed E-state index contributed by atoms with van der Waals surface area (Å²) in [4.78, 5) is 10.8. The molecule has 0 heterocycles. The van der Waals surface area contributed by atoms with Gasteiger partial charge in [-0.25, -0.2) is 17.9 Å². The highest BCUT2D eigenvalue weighted by Crippen LogP contribution is 2.21. The molecule has 0 aliphatic carbocycles. The minimum atomic E-state index is -3.67. The molecule has 1 aromatic carbocycles. The first-order valence-electron chi connectivity index (χ1n) is 5.83. The van der Waals surface area contributed by atoms with E-state index in [1.807, 2.05) is 6.92 Å². The van der Waals surface area contributed by atoms with Crippen molar-refractivity contribution in [2.75, 3.05) is 0 Å². The molecule has 1 aromatic rings. The number of rotatable bonds is 6. The molecule has 0 spiro atoms. The van der Waals surface area contributed by atoms with Crippen molar-refractivity contribution in [2.24, 2.45) is 0 Å². The third kappa shape index (κ3) is 4.19. The molecule has 1 unspecified atom stereocenters. The van der Waals surface area contributed by atoms with E-state index in [2.05, 4.69) is 4.72 Å². The summed E-state index contributed by atoms with van der Waals surface area (Å²) in [6, 6.07) is 3.37. The summed E-state index contributed by atoms with van der Waals surface area (Å²) >= 11 is 5.76. The van der Waals surface area contributed by atoms with Crippen LogP contribution < -0.4 is 4.72 Å². The van der Waals surface area contributed by atoms with E-state index in [9.17, 15) is 13.2 Å². The van der Waals surface area contributed by atoms with Crippen molar-refractivity contribution in [3.05, 3.63) is 28.8 Å². The lowest BCUT2D eigenvalue weighted by Crippen LogP contribution is -2.32. The predicted molar refractivity (Wildman–Crippen MR) is 73.1 cm³/mol. The van der Waals surface area contributed by atoms with Crippen molar-refractivity contribution in [2.45, 2.75) is 37.6 Å². The Morgan fingerprint density at radius 2 is 2.11 bits per heavy atom. The molecule has 0 aromatic heterocycles. The second-order valence-electron chi connectivity index (χ2n) is 4.26. The van der Waals surface area contributed by atoms with E-state index in [4.69, 9.17) is 16.7 Å². The normalized spacial score (nSPS) is 13.2. The van der Waals surface area contributed by atoms with E-state index in [1.54, 1.807) is 6.92 Å². The second kappa shape index (κ2) is 6.36. The fraction of sp³-hybridized carbons (Fsp3) is 0.417. The maximum atomic E-state index is 12.0. The van der Waals surface area contributed by atoms with E-state index in [1.165, 1.54) is 12.1 Å². The number of hydrogen-bond donors (Lipinski definition) is 2. The van der Waals surface area contributed by atoms with Crippen LogP contribution in [0.4, 0.5) is 0 Å². The molecule has 2 N–H and O–H groups in total. The molecule has 19 heavy (non-hydrogen) atoms. The second-order valence-corrected chi connectivity index (χ2v) is 6.38. The molecule has 0 aliphatic rings. The van der Waals surface area contributed by atoms with Crippen LogP contribution in [0.15, 0.2) is 23.1 Å². The van der Waals surface area contributed by atoms with Gasteiger partial charge >= 0.3 is 5.97 Å². The monoisotopic (exact) mass is 305 g/mol. The Kier molecular flexibility index (Phi) is 5.34. The zero-order chi connectivity index (χ0) is 14.6. The fourth-order valence-electron chi connectivity index (χ4n) is 1.66. The van der Waals surface area contributed by atoms with Gasteiger partial charge in [0.25, 0.3) is 0 Å². The zero-order valence-electron chi connectivity index (χ0n) is 10.7. The average Bonchev–Trinajstić information content (AvgIpc) is 2.27. The number of sulfonamides is 1. The van der Waals surface area contributed by atoms with Crippen molar-refractivity contribution in [3.63, 3.8) is 0 Å². The molecule has 1 rings (SSSR count). The van der Waals surface area contributed by atoms with Gasteiger partial charge in [0.2, 0.25) is 10.0 Å². The molecule has 106 valence electrons. The van der Waals surface area contributed by atoms with Gasteiger partial charge in [-0.3, -0.25) is 0 Å². The average molecular weight is 306 g/mol. The van der Waals surface area contributed by atoms with Crippen LogP contribution in [0.5, 0.6) is 0 Å². The van der Waals surface area contributed by atoms with Gasteiger partial charge in [0.15, 0.2) is 0 Å². The quantitative estimate of drug-likeness (QED) is 0.846. The highest BCUT2D eigenvalue weighted by atomic mass is 35.5. The number of hydrogen-bond acceptors (Lipinski definition) is 3. The molecular weight excluding hydrogens is 290 g/mol. The van der Waals surface area contributed by atoms with Crippen LogP contribution in [0.1, 0.15) is 37.0 Å². The van der Waals surface area contributed by atoms with Crippen molar-refractivity contribution < 1.29 is 18.3 Å². The van der Waals surface area contributed by atoms with Gasteiger partial charge in [-0.05, 0) is 31.5 Å². The third-order valence-corrected chi connectivity index (χ3v) is 4.46. The smallest absolute Gasteiger partial charge is 0.337 e. The Morgan fingerprint density at radius 3 is 2.58 bits per heavy atom. The molecule has 7 heteroatoms. The van der Waals surface area contributed by atoms with Crippen LogP contribution >= 0.6 is 11.6 Å². The predicted octanol–water partition coefficient (Wildman–Crippen LogP) is 2.51. The number of aromatic carboxylic acids is 1. The Balaban J connectivity index is 3.03. The molecule has 0 saturated heterocycles. The van der Waals surface area contributed by atoms with Gasteiger partial charge < -0.3 is 5.11 Å². The van der Waals surface area contributed by atoms with Crippen LogP contribution in [0.25, 0.3) is 0 Å². The van der Waals surface area contributed by atoms with Gasteiger partial charge in [-0.1, -0.05) is 24.9 Å². The number of halogens is 1. The lowest BCUT2D eigenvalue weighted by atomic mass is 10.2. The Bertz CT molecular complexity index is 571. The highest BCUT2D eigenvalue weighted by molar-refractivity contribution is 7.89. The third-order valence-electron chi connectivity index (χ3n) is 2.56. The number of benzene rings is 1. The van der Waals surface area contributed by atoms with E-state index in [0.29, 0.717) is 0 Å². The maximum Gasteiger partial charge on any atom is 0.337 e. The number of carbonyl (C=O) groups is 1. The van der Waals surface area contributed by atoms with Crippen molar-refractivity contribution in [3.8, 4) is 0 Å². The summed E-state index contributed by atoms with van der Waals surface area (Å²) < 4.78 is 26.6. The summed E-state index contributed by atoms with van der Waals surface area (Å²) in [5.74, 6) is -1.19. The molecule has 0 radical (unpaired) electrons. The van der Waals surface area contributed by atoms with Crippen molar-refractivity contribution in [1.82, 2.24) is 4.72 Å². The Labute approximate surface area is 117 Å². The first kappa shape index (κ1) is 15.9.